The van der Waals surface area contributed by atoms with Gasteiger partial charge >= 0.3 is 0 Å². The van der Waals surface area contributed by atoms with E-state index in [2.05, 4.69) is 10.2 Å². The molecule has 1 N–H and O–H groups in total. The number of ketones is 5. The van der Waals surface area contributed by atoms with Crippen LogP contribution in [0, 0.1) is 0 Å². The minimum absolute atomic E-state index is 0.00727. The number of methoxy groups -OCH3 is 2. The molecule has 2 bridgehead atoms. The molecule has 0 saturated carbocycles. The van der Waals surface area contributed by atoms with Crippen LogP contribution >= 0.6 is 0 Å². The van der Waals surface area contributed by atoms with E-state index in [1.165, 1.54) is 21.1 Å². The lowest BCUT2D eigenvalue weighted by molar-refractivity contribution is -0.137. The Hall–Kier alpha value is -3.70. The highest BCUT2D eigenvalue weighted by atomic mass is 16.5. The third-order valence-electron chi connectivity index (χ3n) is 8.76. The molecule has 0 spiro atoms. The van der Waals surface area contributed by atoms with Gasteiger partial charge in [0.15, 0.2) is 23.1 Å². The Morgan fingerprint density at radius 1 is 0.872 bits per heavy atom. The minimum atomic E-state index is -0.795. The number of nitrogens with zero attached hydrogens (tertiary/aromatic N) is 2. The fourth-order valence-corrected chi connectivity index (χ4v) is 6.84. The fraction of sp³-hybridized carbons (Fsp3) is 0.500. The number of carbonyl (C=O) groups excluding carboxylic acids is 6. The van der Waals surface area contributed by atoms with Crippen LogP contribution in [0.5, 0.6) is 0 Å². The number of nitrogens with one attached hydrogen (secondary N) is 1. The van der Waals surface area contributed by atoms with Crippen molar-refractivity contribution < 1.29 is 38.2 Å². The maximum atomic E-state index is 13.7. The molecule has 39 heavy (non-hydrogen) atoms. The lowest BCUT2D eigenvalue weighted by Gasteiger charge is -2.58. The summed E-state index contributed by atoms with van der Waals surface area (Å²) >= 11 is 0. The van der Waals surface area contributed by atoms with Crippen molar-refractivity contribution in [1.29, 1.82) is 0 Å². The van der Waals surface area contributed by atoms with E-state index in [0.29, 0.717) is 24.1 Å². The quantitative estimate of drug-likeness (QED) is 0.375. The number of carbonyl (C=O) groups is 6. The summed E-state index contributed by atoms with van der Waals surface area (Å²) in [5.41, 5.74) is 1.80. The first-order valence-corrected chi connectivity index (χ1v) is 12.9. The third kappa shape index (κ3) is 3.78. The standard InChI is InChI=1S/C28H31N3O8/c1-11-22(33)15-7-14-10-31-17(21(30(14)4)20(15)25(36)27(11)39-6)8-16-19(18(31)9-29-28(37)13(3)32)23(34)12(2)26(38-5)24(16)35/h14,17-18,21H,7-10H2,1-6H3,(H,29,37). The van der Waals surface area contributed by atoms with Crippen molar-refractivity contribution in [3.8, 4) is 0 Å². The predicted octanol–water partition coefficient (Wildman–Crippen LogP) is -0.0416. The van der Waals surface area contributed by atoms with Gasteiger partial charge in [0.05, 0.1) is 26.3 Å². The van der Waals surface area contributed by atoms with Crippen molar-refractivity contribution in [3.05, 3.63) is 45.0 Å². The van der Waals surface area contributed by atoms with Gasteiger partial charge in [-0.25, -0.2) is 0 Å². The molecule has 4 unspecified atom stereocenters. The first-order chi connectivity index (χ1) is 18.4. The smallest absolute Gasteiger partial charge is 0.287 e. The first kappa shape index (κ1) is 26.9. The zero-order valence-corrected chi connectivity index (χ0v) is 22.8. The summed E-state index contributed by atoms with van der Waals surface area (Å²) < 4.78 is 10.6. The van der Waals surface area contributed by atoms with Gasteiger partial charge in [0.2, 0.25) is 17.3 Å². The zero-order chi connectivity index (χ0) is 28.5. The maximum Gasteiger partial charge on any atom is 0.287 e. The Bertz CT molecular complexity index is 1400. The molecule has 1 saturated heterocycles. The summed E-state index contributed by atoms with van der Waals surface area (Å²) in [5.74, 6) is -2.84. The first-order valence-electron chi connectivity index (χ1n) is 12.9. The summed E-state index contributed by atoms with van der Waals surface area (Å²) in [4.78, 5) is 82.2. The molecule has 206 valence electrons. The summed E-state index contributed by atoms with van der Waals surface area (Å²) in [6.07, 6.45) is 0.477. The molecule has 11 nitrogen and oxygen atoms in total. The lowest BCUT2D eigenvalue weighted by Crippen LogP contribution is -2.71. The molecule has 5 rings (SSSR count). The van der Waals surface area contributed by atoms with Gasteiger partial charge in [-0.05, 0) is 33.7 Å². The van der Waals surface area contributed by atoms with E-state index in [1.54, 1.807) is 6.92 Å². The second-order valence-electron chi connectivity index (χ2n) is 10.6. The molecule has 3 heterocycles. The second-order valence-corrected chi connectivity index (χ2v) is 10.6. The van der Waals surface area contributed by atoms with E-state index >= 15 is 0 Å². The normalized spacial score (nSPS) is 29.4. The number of piperazine rings is 1. The number of hydrogen-bond acceptors (Lipinski definition) is 10. The van der Waals surface area contributed by atoms with E-state index in [0.717, 1.165) is 6.92 Å². The van der Waals surface area contributed by atoms with Gasteiger partial charge in [-0.1, -0.05) is 0 Å². The van der Waals surface area contributed by atoms with Crippen molar-refractivity contribution in [2.75, 3.05) is 34.4 Å². The van der Waals surface area contributed by atoms with Gasteiger partial charge in [0.25, 0.3) is 5.91 Å². The maximum absolute atomic E-state index is 13.7. The fourth-order valence-electron chi connectivity index (χ4n) is 6.84. The third-order valence-corrected chi connectivity index (χ3v) is 8.76. The SMILES string of the molecule is COC1=C(C)C(=O)C2=C(CC3C4C5=C(CC(CN3C2CNC(=O)C(C)=O)N4C)C(=O)C(C)=C(OC)C5=O)C1=O. The molecule has 4 atom stereocenters. The van der Waals surface area contributed by atoms with Gasteiger partial charge in [0.1, 0.15) is 0 Å². The van der Waals surface area contributed by atoms with E-state index in [1.807, 2.05) is 11.9 Å². The molecular weight excluding hydrogens is 506 g/mol. The topological polar surface area (TPSA) is 139 Å². The molecule has 11 heteroatoms. The van der Waals surface area contributed by atoms with Gasteiger partial charge in [-0.2, -0.15) is 0 Å². The van der Waals surface area contributed by atoms with E-state index < -0.39 is 35.6 Å². The van der Waals surface area contributed by atoms with Crippen LogP contribution in [0.25, 0.3) is 0 Å². The highest BCUT2D eigenvalue weighted by Gasteiger charge is 2.56. The van der Waals surface area contributed by atoms with Crippen LogP contribution in [-0.2, 0) is 38.2 Å². The molecule has 0 aromatic rings. The number of hydrogen-bond donors (Lipinski definition) is 1. The van der Waals surface area contributed by atoms with Crippen LogP contribution in [-0.4, -0.2) is 103 Å². The highest BCUT2D eigenvalue weighted by molar-refractivity contribution is 6.35. The van der Waals surface area contributed by atoms with Crippen molar-refractivity contribution in [3.63, 3.8) is 0 Å². The zero-order valence-electron chi connectivity index (χ0n) is 22.8. The second kappa shape index (κ2) is 9.49. The predicted molar refractivity (Wildman–Crippen MR) is 136 cm³/mol. The summed E-state index contributed by atoms with van der Waals surface area (Å²) in [7, 11) is 4.58. The number of ether oxygens (including phenoxy) is 2. The molecule has 1 amide bonds. The van der Waals surface area contributed by atoms with Crippen molar-refractivity contribution in [1.82, 2.24) is 15.1 Å². The number of rotatable bonds is 5. The van der Waals surface area contributed by atoms with Crippen LogP contribution < -0.4 is 5.32 Å². The molecule has 5 aliphatic rings. The largest absolute Gasteiger partial charge is 0.492 e. The number of amides is 1. The van der Waals surface area contributed by atoms with E-state index in [-0.39, 0.29) is 70.2 Å². The van der Waals surface area contributed by atoms with Crippen LogP contribution in [0.15, 0.2) is 45.0 Å². The number of Topliss-reactive ketones (excluding diaryl/α,β-unsaturated/α-hetero) is 5. The summed E-state index contributed by atoms with van der Waals surface area (Å²) in [6.45, 7) is 4.62. The Balaban J connectivity index is 1.65. The van der Waals surface area contributed by atoms with E-state index in [9.17, 15) is 28.8 Å². The number of likely N-dealkylation sites (N-methyl/N-ethyl adjacent to an activating group) is 1. The molecule has 2 aliphatic carbocycles. The van der Waals surface area contributed by atoms with Gasteiger partial charge in [-0.15, -0.1) is 0 Å². The monoisotopic (exact) mass is 537 g/mol. The Morgan fingerprint density at radius 2 is 1.46 bits per heavy atom. The summed E-state index contributed by atoms with van der Waals surface area (Å²) in [5, 5.41) is 2.62. The van der Waals surface area contributed by atoms with Crippen molar-refractivity contribution in [2.45, 2.75) is 57.8 Å². The summed E-state index contributed by atoms with van der Waals surface area (Å²) in [6, 6.07) is -1.92. The van der Waals surface area contributed by atoms with Gasteiger partial charge in [0, 0.05) is 65.5 Å². The van der Waals surface area contributed by atoms with Crippen LogP contribution in [0.2, 0.25) is 0 Å². The molecule has 0 aromatic carbocycles. The average Bonchev–Trinajstić information content (AvgIpc) is 2.89. The lowest BCUT2D eigenvalue weighted by atomic mass is 9.69. The van der Waals surface area contributed by atoms with Crippen molar-refractivity contribution >= 4 is 34.8 Å². The molecule has 0 radical (unpaired) electrons. The van der Waals surface area contributed by atoms with Crippen LogP contribution in [0.3, 0.4) is 0 Å². The molecule has 1 fully saturated rings. The Labute approximate surface area is 225 Å². The Kier molecular flexibility index (Phi) is 6.54. The molecular formula is C28H31N3O8. The van der Waals surface area contributed by atoms with Crippen molar-refractivity contribution in [2.24, 2.45) is 0 Å². The average molecular weight is 538 g/mol. The van der Waals surface area contributed by atoms with Gasteiger partial charge < -0.3 is 14.8 Å². The number of allylic oxidation sites excluding steroid dienone is 4. The minimum Gasteiger partial charge on any atom is -0.492 e. The molecule has 0 aromatic heterocycles. The van der Waals surface area contributed by atoms with Gasteiger partial charge in [-0.3, -0.25) is 38.6 Å². The van der Waals surface area contributed by atoms with E-state index in [4.69, 9.17) is 9.47 Å². The Morgan fingerprint density at radius 3 is 2.08 bits per heavy atom. The molecule has 3 aliphatic heterocycles. The highest BCUT2D eigenvalue weighted by Crippen LogP contribution is 2.47. The number of fused-ring (bicyclic) bond motifs is 5. The van der Waals surface area contributed by atoms with Crippen LogP contribution in [0.1, 0.15) is 33.6 Å². The van der Waals surface area contributed by atoms with Crippen LogP contribution in [0.4, 0.5) is 0 Å².